The Kier molecular flexibility index (Phi) is 9.00. The van der Waals surface area contributed by atoms with E-state index in [2.05, 4.69) is 4.99 Å². The van der Waals surface area contributed by atoms with Crippen LogP contribution < -0.4 is 15.8 Å². The zero-order chi connectivity index (χ0) is 29.6. The first kappa shape index (κ1) is 29.0. The van der Waals surface area contributed by atoms with Crippen LogP contribution in [-0.2, 0) is 22.5 Å². The Balaban J connectivity index is 1.63. The number of nitrogens with zero attached hydrogens (tertiary/aromatic N) is 4. The third kappa shape index (κ3) is 6.37. The summed E-state index contributed by atoms with van der Waals surface area (Å²) in [5.74, 6) is -0.876. The highest BCUT2D eigenvalue weighted by Gasteiger charge is 2.20. The van der Waals surface area contributed by atoms with E-state index in [1.165, 1.54) is 10.5 Å². The molecule has 0 bridgehead atoms. The number of fused-ring (bicyclic) bond motifs is 2. The van der Waals surface area contributed by atoms with Crippen LogP contribution in [0.5, 0.6) is 5.75 Å². The molecule has 0 saturated carbocycles. The van der Waals surface area contributed by atoms with E-state index in [0.717, 1.165) is 5.56 Å². The minimum absolute atomic E-state index is 0.0118. The number of hydrogen-bond donors (Lipinski definition) is 0. The topological polar surface area (TPSA) is 104 Å². The predicted octanol–water partition coefficient (Wildman–Crippen LogP) is 5.27. The quantitative estimate of drug-likeness (QED) is 0.168. The van der Waals surface area contributed by atoms with E-state index < -0.39 is 11.9 Å². The van der Waals surface area contributed by atoms with Gasteiger partial charge >= 0.3 is 5.97 Å². The SMILES string of the molecule is CCOC(=O)c1cc2c(=O)n3ccccc3nc2n(CCc2ccccc2)c1=NC(=O)CCOc1ccc(Cl)cc1Cl. The van der Waals surface area contributed by atoms with Gasteiger partial charge < -0.3 is 14.0 Å². The lowest BCUT2D eigenvalue weighted by Crippen LogP contribution is -2.33. The molecule has 0 atom stereocenters. The van der Waals surface area contributed by atoms with Crippen molar-refractivity contribution in [1.29, 1.82) is 0 Å². The van der Waals surface area contributed by atoms with Crippen molar-refractivity contribution in [1.82, 2.24) is 14.0 Å². The van der Waals surface area contributed by atoms with E-state index in [9.17, 15) is 14.4 Å². The fraction of sp³-hybridized carbons (Fsp3) is 0.194. The second kappa shape index (κ2) is 13.0. The van der Waals surface area contributed by atoms with Crippen molar-refractivity contribution < 1.29 is 19.1 Å². The average Bonchev–Trinajstić information content (AvgIpc) is 2.98. The van der Waals surface area contributed by atoms with E-state index in [4.69, 9.17) is 37.7 Å². The fourth-order valence-corrected chi connectivity index (χ4v) is 4.93. The molecule has 0 spiro atoms. The molecule has 3 aromatic heterocycles. The molecule has 0 aliphatic carbocycles. The third-order valence-electron chi connectivity index (χ3n) is 6.45. The fourth-order valence-electron chi connectivity index (χ4n) is 4.47. The molecule has 11 heteroatoms. The van der Waals surface area contributed by atoms with Gasteiger partial charge in [-0.25, -0.2) is 9.78 Å². The molecule has 0 radical (unpaired) electrons. The second-order valence-electron chi connectivity index (χ2n) is 9.25. The summed E-state index contributed by atoms with van der Waals surface area (Å²) in [6.07, 6.45) is 2.03. The van der Waals surface area contributed by atoms with Crippen LogP contribution in [0.15, 0.2) is 88.8 Å². The number of amides is 1. The molecule has 0 unspecified atom stereocenters. The number of ether oxygens (including phenoxy) is 2. The Hall–Kier alpha value is -4.47. The summed E-state index contributed by atoms with van der Waals surface area (Å²) in [6, 6.07) is 21.1. The Bertz CT molecular complexity index is 1920. The minimum Gasteiger partial charge on any atom is -0.491 e. The highest BCUT2D eigenvalue weighted by atomic mass is 35.5. The van der Waals surface area contributed by atoms with Gasteiger partial charge in [-0.15, -0.1) is 0 Å². The van der Waals surface area contributed by atoms with Crippen LogP contribution in [-0.4, -0.2) is 39.0 Å². The van der Waals surface area contributed by atoms with Crippen molar-refractivity contribution in [2.45, 2.75) is 26.3 Å². The molecule has 0 fully saturated rings. The van der Waals surface area contributed by atoms with Gasteiger partial charge in [-0.3, -0.25) is 14.0 Å². The van der Waals surface area contributed by atoms with Gasteiger partial charge in [0.25, 0.3) is 11.5 Å². The maximum atomic E-state index is 13.5. The van der Waals surface area contributed by atoms with Crippen LogP contribution in [0.1, 0.15) is 29.3 Å². The number of aryl methyl sites for hydroxylation is 2. The molecule has 0 saturated heterocycles. The first-order chi connectivity index (χ1) is 20.4. The van der Waals surface area contributed by atoms with Crippen molar-refractivity contribution in [3.63, 3.8) is 0 Å². The monoisotopic (exact) mass is 604 g/mol. The van der Waals surface area contributed by atoms with E-state index in [1.807, 2.05) is 30.3 Å². The van der Waals surface area contributed by atoms with Gasteiger partial charge in [-0.1, -0.05) is 59.6 Å². The van der Waals surface area contributed by atoms with Crippen molar-refractivity contribution in [2.24, 2.45) is 4.99 Å². The van der Waals surface area contributed by atoms with Gasteiger partial charge in [0.2, 0.25) is 0 Å². The summed E-state index contributed by atoms with van der Waals surface area (Å²) in [4.78, 5) is 48.9. The smallest absolute Gasteiger partial charge is 0.341 e. The van der Waals surface area contributed by atoms with E-state index in [0.29, 0.717) is 33.5 Å². The molecule has 42 heavy (non-hydrogen) atoms. The van der Waals surface area contributed by atoms with Gasteiger partial charge in [0, 0.05) is 17.8 Å². The number of pyridine rings is 2. The van der Waals surface area contributed by atoms with Crippen molar-refractivity contribution in [2.75, 3.05) is 13.2 Å². The minimum atomic E-state index is -0.707. The van der Waals surface area contributed by atoms with Crippen LogP contribution in [0.2, 0.25) is 10.0 Å². The molecule has 5 rings (SSSR count). The highest BCUT2D eigenvalue weighted by Crippen LogP contribution is 2.27. The van der Waals surface area contributed by atoms with Crippen molar-refractivity contribution in [3.05, 3.63) is 116 Å². The lowest BCUT2D eigenvalue weighted by Gasteiger charge is -2.15. The Morgan fingerprint density at radius 1 is 1.00 bits per heavy atom. The number of rotatable bonds is 9. The zero-order valence-electron chi connectivity index (χ0n) is 22.6. The lowest BCUT2D eigenvalue weighted by atomic mass is 10.1. The number of benzene rings is 2. The number of carbonyl (C=O) groups excluding carboxylic acids is 2. The van der Waals surface area contributed by atoms with Gasteiger partial charge in [0.05, 0.1) is 30.0 Å². The molecule has 9 nitrogen and oxygen atoms in total. The summed E-state index contributed by atoms with van der Waals surface area (Å²) in [6.45, 7) is 2.04. The summed E-state index contributed by atoms with van der Waals surface area (Å²) in [5.41, 5.74) is 1.41. The molecular weight excluding hydrogens is 579 g/mol. The summed E-state index contributed by atoms with van der Waals surface area (Å²) >= 11 is 12.1. The molecule has 214 valence electrons. The van der Waals surface area contributed by atoms with E-state index in [-0.39, 0.29) is 48.2 Å². The highest BCUT2D eigenvalue weighted by molar-refractivity contribution is 6.35. The van der Waals surface area contributed by atoms with Crippen LogP contribution in [0.25, 0.3) is 16.7 Å². The Labute approximate surface area is 250 Å². The van der Waals surface area contributed by atoms with Crippen LogP contribution in [0.4, 0.5) is 0 Å². The lowest BCUT2D eigenvalue weighted by molar-refractivity contribution is -0.118. The normalized spacial score (nSPS) is 11.6. The summed E-state index contributed by atoms with van der Waals surface area (Å²) in [7, 11) is 0. The maximum absolute atomic E-state index is 13.5. The van der Waals surface area contributed by atoms with Crippen LogP contribution in [0, 0.1) is 0 Å². The maximum Gasteiger partial charge on any atom is 0.341 e. The molecule has 5 aromatic rings. The molecule has 3 heterocycles. The zero-order valence-corrected chi connectivity index (χ0v) is 24.1. The average molecular weight is 605 g/mol. The largest absolute Gasteiger partial charge is 0.491 e. The molecule has 2 aromatic carbocycles. The molecule has 0 N–H and O–H groups in total. The first-order valence-electron chi connectivity index (χ1n) is 13.3. The van der Waals surface area contributed by atoms with Crippen molar-refractivity contribution >= 4 is 51.8 Å². The van der Waals surface area contributed by atoms with Crippen LogP contribution >= 0.6 is 23.2 Å². The number of aromatic nitrogens is 3. The Morgan fingerprint density at radius 3 is 2.55 bits per heavy atom. The van der Waals surface area contributed by atoms with Gasteiger partial charge in [-0.2, -0.15) is 4.99 Å². The standard InChI is InChI=1S/C31H26Cl2N4O5/c1-2-41-31(40)23-19-22-28(34-26-10-6-7-15-36(26)30(22)39)37(16-13-20-8-4-3-5-9-20)29(23)35-27(38)14-17-42-25-12-11-21(32)18-24(25)33/h3-12,15,18-19H,2,13-14,16-17H2,1H3. The summed E-state index contributed by atoms with van der Waals surface area (Å²) < 4.78 is 14.0. The van der Waals surface area contributed by atoms with E-state index >= 15 is 0 Å². The molecule has 0 aliphatic rings. The number of carbonyl (C=O) groups is 2. The van der Waals surface area contributed by atoms with Gasteiger partial charge in [-0.05, 0) is 55.3 Å². The number of halogens is 2. The molecule has 0 aliphatic heterocycles. The van der Waals surface area contributed by atoms with Gasteiger partial charge in [0.1, 0.15) is 22.6 Å². The summed E-state index contributed by atoms with van der Waals surface area (Å²) in [5, 5.41) is 0.971. The second-order valence-corrected chi connectivity index (χ2v) is 10.1. The molecular formula is C31H26Cl2N4O5. The first-order valence-corrected chi connectivity index (χ1v) is 14.0. The Morgan fingerprint density at radius 2 is 1.79 bits per heavy atom. The third-order valence-corrected chi connectivity index (χ3v) is 6.98. The predicted molar refractivity (Wildman–Crippen MR) is 160 cm³/mol. The van der Waals surface area contributed by atoms with E-state index in [1.54, 1.807) is 54.1 Å². The molecule has 1 amide bonds. The number of esters is 1. The number of hydrogen-bond acceptors (Lipinski definition) is 6. The van der Waals surface area contributed by atoms with Crippen molar-refractivity contribution in [3.8, 4) is 5.75 Å². The van der Waals surface area contributed by atoms with Gasteiger partial charge in [0.15, 0.2) is 5.49 Å². The van der Waals surface area contributed by atoms with Crippen LogP contribution in [0.3, 0.4) is 0 Å².